The molecule has 0 saturated carbocycles. The molecule has 0 aromatic heterocycles. The molecule has 0 aliphatic rings. The summed E-state index contributed by atoms with van der Waals surface area (Å²) in [4.78, 5) is 0.308. The normalized spacial score (nSPS) is 13.2. The van der Waals surface area contributed by atoms with Crippen LogP contribution < -0.4 is 8.89 Å². The Bertz CT molecular complexity index is 1410. The molecular formula is C34H37F3OSeSi. The van der Waals surface area contributed by atoms with Gasteiger partial charge >= 0.3 is 245 Å². The fourth-order valence-electron chi connectivity index (χ4n) is 4.20. The average molecular weight is 626 g/mol. The van der Waals surface area contributed by atoms with Crippen LogP contribution in [0.4, 0.5) is 13.2 Å². The number of benzene rings is 4. The van der Waals surface area contributed by atoms with Crippen LogP contribution in [0.3, 0.4) is 0 Å². The second-order valence-corrected chi connectivity index (χ2v) is 19.2. The molecule has 0 fully saturated rings. The molecule has 40 heavy (non-hydrogen) atoms. The zero-order valence-electron chi connectivity index (χ0n) is 24.0. The quantitative estimate of drug-likeness (QED) is 0.177. The molecule has 1 nitrogen and oxygen atoms in total. The Labute approximate surface area is 244 Å². The summed E-state index contributed by atoms with van der Waals surface area (Å²) in [7, 11) is -1.93. The van der Waals surface area contributed by atoms with Crippen molar-refractivity contribution in [2.45, 2.75) is 63.2 Å². The SMILES string of the molecule is Cc1cc([Se]C(Cc2ccccc2)c2ccc(-c3ccc(C(F)(F)F)cc3)cc2)ccc1O[Si](C)(C)C(C)(C)C. The van der Waals surface area contributed by atoms with Gasteiger partial charge in [0.15, 0.2) is 0 Å². The number of halogens is 3. The number of rotatable bonds is 8. The molecule has 1 unspecified atom stereocenters. The van der Waals surface area contributed by atoms with Crippen LogP contribution >= 0.6 is 0 Å². The van der Waals surface area contributed by atoms with E-state index < -0.39 is 20.1 Å². The fourth-order valence-corrected chi connectivity index (χ4v) is 7.99. The fraction of sp³-hybridized carbons (Fsp3) is 0.294. The minimum absolute atomic E-state index is 0.134. The standard InChI is InChI=1S/C34H37F3OSeSi/c1-24-22-30(20-21-31(24)38-40(5,6)33(2,3)4)39-32(23-25-10-8-7-9-11-25)28-14-12-26(13-15-28)27-16-18-29(19-17-27)34(35,36)37/h7-22,32H,23H2,1-6H3. The van der Waals surface area contributed by atoms with E-state index in [2.05, 4.69) is 95.4 Å². The van der Waals surface area contributed by atoms with E-state index in [-0.39, 0.29) is 20.0 Å². The molecule has 0 radical (unpaired) electrons. The number of aryl methyl sites for hydroxylation is 1. The van der Waals surface area contributed by atoms with Crippen molar-refractivity contribution in [1.29, 1.82) is 0 Å². The number of alkyl halides is 3. The number of hydrogen-bond donors (Lipinski definition) is 0. The van der Waals surface area contributed by atoms with E-state index in [1.54, 1.807) is 12.1 Å². The van der Waals surface area contributed by atoms with Crippen LogP contribution in [0.25, 0.3) is 11.1 Å². The first kappa shape index (κ1) is 30.2. The first-order valence-corrected chi connectivity index (χ1v) is 18.3. The molecule has 0 aliphatic carbocycles. The Hall–Kier alpha value is -2.79. The van der Waals surface area contributed by atoms with Crippen molar-refractivity contribution in [3.8, 4) is 16.9 Å². The number of hydrogen-bond acceptors (Lipinski definition) is 1. The molecule has 4 rings (SSSR count). The van der Waals surface area contributed by atoms with Gasteiger partial charge in [0.25, 0.3) is 0 Å². The Balaban J connectivity index is 1.58. The summed E-state index contributed by atoms with van der Waals surface area (Å²) < 4.78 is 46.9. The van der Waals surface area contributed by atoms with Crippen LogP contribution in [0.2, 0.25) is 18.1 Å². The van der Waals surface area contributed by atoms with Crippen molar-refractivity contribution in [1.82, 2.24) is 0 Å². The molecular weight excluding hydrogens is 588 g/mol. The van der Waals surface area contributed by atoms with E-state index in [1.807, 2.05) is 18.2 Å². The molecule has 0 aliphatic heterocycles. The van der Waals surface area contributed by atoms with Gasteiger partial charge < -0.3 is 0 Å². The molecule has 4 aromatic carbocycles. The summed E-state index contributed by atoms with van der Waals surface area (Å²) in [6.45, 7) is 13.4. The maximum atomic E-state index is 13.0. The zero-order valence-corrected chi connectivity index (χ0v) is 26.7. The van der Waals surface area contributed by atoms with Crippen LogP contribution in [0.5, 0.6) is 5.75 Å². The van der Waals surface area contributed by atoms with Crippen LogP contribution in [0, 0.1) is 6.92 Å². The second-order valence-electron chi connectivity index (χ2n) is 11.8. The predicted octanol–water partition coefficient (Wildman–Crippen LogP) is 9.38. The summed E-state index contributed by atoms with van der Waals surface area (Å²) in [5, 5.41) is 0.134. The van der Waals surface area contributed by atoms with Crippen molar-refractivity contribution < 1.29 is 17.6 Å². The van der Waals surface area contributed by atoms with Gasteiger partial charge in [0.1, 0.15) is 0 Å². The molecule has 210 valence electrons. The molecule has 0 amide bonds. The van der Waals surface area contributed by atoms with Crippen molar-refractivity contribution in [3.63, 3.8) is 0 Å². The third kappa shape index (κ3) is 7.48. The molecule has 4 aromatic rings. The molecule has 0 saturated heterocycles. The maximum absolute atomic E-state index is 13.0. The van der Waals surface area contributed by atoms with Gasteiger partial charge in [0.05, 0.1) is 0 Å². The van der Waals surface area contributed by atoms with Gasteiger partial charge in [-0.25, -0.2) is 0 Å². The van der Waals surface area contributed by atoms with Crippen LogP contribution in [0.1, 0.15) is 47.8 Å². The second kappa shape index (κ2) is 12.0. The van der Waals surface area contributed by atoms with Crippen LogP contribution in [-0.4, -0.2) is 23.3 Å². The molecule has 0 N–H and O–H groups in total. The predicted molar refractivity (Wildman–Crippen MR) is 164 cm³/mol. The molecule has 1 atom stereocenters. The molecule has 0 bridgehead atoms. The van der Waals surface area contributed by atoms with E-state index in [0.717, 1.165) is 35.4 Å². The van der Waals surface area contributed by atoms with Crippen molar-refractivity contribution >= 4 is 27.7 Å². The first-order chi connectivity index (χ1) is 18.7. The first-order valence-electron chi connectivity index (χ1n) is 13.5. The van der Waals surface area contributed by atoms with Crippen molar-refractivity contribution in [3.05, 3.63) is 119 Å². The summed E-state index contributed by atoms with van der Waals surface area (Å²) in [6.07, 6.45) is -3.41. The third-order valence-electron chi connectivity index (χ3n) is 7.69. The molecule has 6 heteroatoms. The Morgan fingerprint density at radius 1 is 0.775 bits per heavy atom. The van der Waals surface area contributed by atoms with E-state index in [1.165, 1.54) is 21.2 Å². The van der Waals surface area contributed by atoms with Crippen LogP contribution in [-0.2, 0) is 12.6 Å². The van der Waals surface area contributed by atoms with Gasteiger partial charge in [-0.15, -0.1) is 0 Å². The molecule has 0 heterocycles. The van der Waals surface area contributed by atoms with E-state index in [4.69, 9.17) is 4.43 Å². The van der Waals surface area contributed by atoms with E-state index in [0.29, 0.717) is 4.82 Å². The Morgan fingerprint density at radius 3 is 1.88 bits per heavy atom. The van der Waals surface area contributed by atoms with Crippen molar-refractivity contribution in [2.24, 2.45) is 0 Å². The van der Waals surface area contributed by atoms with Gasteiger partial charge in [-0.2, -0.15) is 0 Å². The van der Waals surface area contributed by atoms with Gasteiger partial charge in [-0.05, 0) is 0 Å². The van der Waals surface area contributed by atoms with Crippen LogP contribution in [0.15, 0.2) is 97.1 Å². The topological polar surface area (TPSA) is 9.23 Å². The summed E-state index contributed by atoms with van der Waals surface area (Å²) >= 11 is 0.159. The van der Waals surface area contributed by atoms with E-state index in [9.17, 15) is 13.2 Å². The van der Waals surface area contributed by atoms with Crippen molar-refractivity contribution in [2.75, 3.05) is 0 Å². The van der Waals surface area contributed by atoms with Gasteiger partial charge in [-0.3, -0.25) is 0 Å². The minimum atomic E-state index is -4.33. The van der Waals surface area contributed by atoms with Gasteiger partial charge in [0, 0.05) is 0 Å². The van der Waals surface area contributed by atoms with E-state index >= 15 is 0 Å². The average Bonchev–Trinajstić information content (AvgIpc) is 2.89. The summed E-state index contributed by atoms with van der Waals surface area (Å²) in [5.41, 5.74) is 4.74. The Kier molecular flexibility index (Phi) is 9.04. The third-order valence-corrected chi connectivity index (χ3v) is 14.7. The zero-order chi connectivity index (χ0) is 29.1. The monoisotopic (exact) mass is 626 g/mol. The Morgan fingerprint density at radius 2 is 1.35 bits per heavy atom. The molecule has 0 spiro atoms. The summed E-state index contributed by atoms with van der Waals surface area (Å²) in [6, 6.07) is 30.8. The van der Waals surface area contributed by atoms with Gasteiger partial charge in [0.2, 0.25) is 0 Å². The van der Waals surface area contributed by atoms with Gasteiger partial charge in [-0.1, -0.05) is 0 Å². The summed E-state index contributed by atoms with van der Waals surface area (Å²) in [5.74, 6) is 0.978.